The fourth-order valence-electron chi connectivity index (χ4n) is 3.29. The fourth-order valence-corrected chi connectivity index (χ4v) is 4.51. The van der Waals surface area contributed by atoms with Gasteiger partial charge < -0.3 is 10.1 Å². The molecular weight excluding hydrogens is 376 g/mol. The number of nitrogens with one attached hydrogen (secondary N) is 2. The van der Waals surface area contributed by atoms with Gasteiger partial charge in [-0.15, -0.1) is 0 Å². The van der Waals surface area contributed by atoms with Gasteiger partial charge in [0.05, 0.1) is 4.90 Å². The third kappa shape index (κ3) is 3.49. The normalized spacial score (nSPS) is 13.0. The highest BCUT2D eigenvalue weighted by Gasteiger charge is 2.26. The lowest BCUT2D eigenvalue weighted by molar-refractivity contribution is -0.138. The van der Waals surface area contributed by atoms with Crippen molar-refractivity contribution in [1.29, 1.82) is 0 Å². The van der Waals surface area contributed by atoms with Crippen molar-refractivity contribution in [3.8, 4) is 0 Å². The number of carboxylic acid groups (broad SMARTS) is 1. The predicted molar refractivity (Wildman–Crippen MR) is 108 cm³/mol. The lowest BCUT2D eigenvalue weighted by Gasteiger charge is -2.15. The smallest absolute Gasteiger partial charge is 0.322 e. The van der Waals surface area contributed by atoms with E-state index < -0.39 is 22.0 Å². The largest absolute Gasteiger partial charge is 0.480 e. The van der Waals surface area contributed by atoms with Crippen LogP contribution in [0.1, 0.15) is 5.56 Å². The molecule has 4 rings (SSSR count). The van der Waals surface area contributed by atoms with Gasteiger partial charge in [-0.2, -0.15) is 4.72 Å². The molecule has 6 nitrogen and oxygen atoms in total. The minimum Gasteiger partial charge on any atom is -0.480 e. The maximum Gasteiger partial charge on any atom is 0.322 e. The Labute approximate surface area is 161 Å². The molecule has 3 aromatic carbocycles. The van der Waals surface area contributed by atoms with E-state index in [2.05, 4.69) is 9.71 Å². The molecule has 0 spiro atoms. The Morgan fingerprint density at radius 3 is 2.50 bits per heavy atom. The SMILES string of the molecule is O=C(O)[C@@H](Cc1c[nH]c2ccccc12)NS(=O)(=O)c1ccc2ccccc2c1. The van der Waals surface area contributed by atoms with Gasteiger partial charge in [0.1, 0.15) is 6.04 Å². The topological polar surface area (TPSA) is 99.3 Å². The van der Waals surface area contributed by atoms with Crippen LogP contribution in [-0.4, -0.2) is 30.5 Å². The molecule has 7 heteroatoms. The molecule has 0 unspecified atom stereocenters. The molecule has 1 aromatic heterocycles. The summed E-state index contributed by atoms with van der Waals surface area (Å²) in [6, 6.07) is 18.3. The second-order valence-electron chi connectivity index (χ2n) is 6.58. The maximum atomic E-state index is 12.8. The van der Waals surface area contributed by atoms with Crippen molar-refractivity contribution < 1.29 is 18.3 Å². The predicted octanol–water partition coefficient (Wildman–Crippen LogP) is 3.30. The van der Waals surface area contributed by atoms with Gasteiger partial charge in [-0.3, -0.25) is 4.79 Å². The van der Waals surface area contributed by atoms with Crippen molar-refractivity contribution in [3.05, 3.63) is 78.5 Å². The number of aromatic amines is 1. The highest BCUT2D eigenvalue weighted by Crippen LogP contribution is 2.21. The number of para-hydroxylation sites is 1. The molecule has 1 atom stereocenters. The molecule has 1 heterocycles. The summed E-state index contributed by atoms with van der Waals surface area (Å²) in [5.41, 5.74) is 1.61. The van der Waals surface area contributed by atoms with Gasteiger partial charge in [-0.05, 0) is 34.5 Å². The van der Waals surface area contributed by atoms with E-state index >= 15 is 0 Å². The fraction of sp³-hybridized carbons (Fsp3) is 0.0952. The van der Waals surface area contributed by atoms with E-state index in [0.29, 0.717) is 0 Å². The summed E-state index contributed by atoms with van der Waals surface area (Å²) in [5, 5.41) is 12.1. The molecule has 0 aliphatic heterocycles. The Hall–Kier alpha value is -3.16. The molecule has 0 aliphatic rings. The van der Waals surface area contributed by atoms with E-state index in [9.17, 15) is 18.3 Å². The quantitative estimate of drug-likeness (QED) is 0.467. The molecule has 142 valence electrons. The Bertz CT molecular complexity index is 1280. The van der Waals surface area contributed by atoms with Crippen LogP contribution in [0.3, 0.4) is 0 Å². The van der Waals surface area contributed by atoms with Crippen molar-refractivity contribution in [2.45, 2.75) is 17.4 Å². The second kappa shape index (κ2) is 7.10. The van der Waals surface area contributed by atoms with E-state index in [-0.39, 0.29) is 11.3 Å². The Balaban J connectivity index is 1.63. The summed E-state index contributed by atoms with van der Waals surface area (Å²) in [6.07, 6.45) is 1.75. The van der Waals surface area contributed by atoms with Gasteiger partial charge in [0, 0.05) is 23.5 Å². The van der Waals surface area contributed by atoms with Crippen molar-refractivity contribution in [2.75, 3.05) is 0 Å². The third-order valence-electron chi connectivity index (χ3n) is 4.73. The first kappa shape index (κ1) is 18.2. The molecule has 0 radical (unpaired) electrons. The number of carboxylic acids is 1. The lowest BCUT2D eigenvalue weighted by atomic mass is 10.1. The zero-order chi connectivity index (χ0) is 19.7. The average Bonchev–Trinajstić information content (AvgIpc) is 3.10. The molecule has 0 bridgehead atoms. The summed E-state index contributed by atoms with van der Waals surface area (Å²) in [7, 11) is -3.99. The van der Waals surface area contributed by atoms with Crippen LogP contribution in [0.2, 0.25) is 0 Å². The number of rotatable bonds is 6. The average molecular weight is 394 g/mol. The molecule has 4 aromatic rings. The van der Waals surface area contributed by atoms with E-state index in [1.807, 2.05) is 48.5 Å². The number of H-pyrrole nitrogens is 1. The van der Waals surface area contributed by atoms with Gasteiger partial charge in [0.25, 0.3) is 0 Å². The standard InChI is InChI=1S/C21H18N2O4S/c24-21(25)20(12-16-13-22-19-8-4-3-7-18(16)19)23-28(26,27)17-10-9-14-5-1-2-6-15(14)11-17/h1-11,13,20,22-23H,12H2,(H,24,25)/t20-/m1/s1. The minimum absolute atomic E-state index is 0.0339. The zero-order valence-corrected chi connectivity index (χ0v) is 15.6. The van der Waals surface area contributed by atoms with Gasteiger partial charge in [-0.1, -0.05) is 48.5 Å². The first-order valence-corrected chi connectivity index (χ1v) is 10.2. The van der Waals surface area contributed by atoms with Crippen LogP contribution in [0.5, 0.6) is 0 Å². The van der Waals surface area contributed by atoms with Crippen LogP contribution in [0, 0.1) is 0 Å². The molecule has 3 N–H and O–H groups in total. The molecule has 0 saturated carbocycles. The van der Waals surface area contributed by atoms with Crippen LogP contribution < -0.4 is 4.72 Å². The van der Waals surface area contributed by atoms with Crippen molar-refractivity contribution >= 4 is 37.7 Å². The highest BCUT2D eigenvalue weighted by molar-refractivity contribution is 7.89. The van der Waals surface area contributed by atoms with E-state index in [1.165, 1.54) is 6.07 Å². The van der Waals surface area contributed by atoms with Crippen LogP contribution in [-0.2, 0) is 21.2 Å². The van der Waals surface area contributed by atoms with Gasteiger partial charge >= 0.3 is 5.97 Å². The number of benzene rings is 3. The van der Waals surface area contributed by atoms with Crippen molar-refractivity contribution in [1.82, 2.24) is 9.71 Å². The summed E-state index contributed by atoms with van der Waals surface area (Å²) >= 11 is 0. The first-order valence-electron chi connectivity index (χ1n) is 8.73. The Kier molecular flexibility index (Phi) is 4.62. The monoisotopic (exact) mass is 394 g/mol. The summed E-state index contributed by atoms with van der Waals surface area (Å²) < 4.78 is 27.9. The van der Waals surface area contributed by atoms with Crippen LogP contribution in [0.15, 0.2) is 77.8 Å². The van der Waals surface area contributed by atoms with Crippen molar-refractivity contribution in [3.63, 3.8) is 0 Å². The number of sulfonamides is 1. The number of aromatic nitrogens is 1. The molecule has 0 amide bonds. The highest BCUT2D eigenvalue weighted by atomic mass is 32.2. The molecule has 0 fully saturated rings. The molecular formula is C21H18N2O4S. The van der Waals surface area contributed by atoms with Crippen LogP contribution >= 0.6 is 0 Å². The van der Waals surface area contributed by atoms with E-state index in [0.717, 1.165) is 27.2 Å². The van der Waals surface area contributed by atoms with E-state index in [1.54, 1.807) is 18.3 Å². The molecule has 0 aliphatic carbocycles. The number of fused-ring (bicyclic) bond motifs is 2. The number of hydrogen-bond donors (Lipinski definition) is 3. The number of carbonyl (C=O) groups is 1. The first-order chi connectivity index (χ1) is 13.4. The van der Waals surface area contributed by atoms with Crippen LogP contribution in [0.4, 0.5) is 0 Å². The third-order valence-corrected chi connectivity index (χ3v) is 6.20. The number of hydrogen-bond acceptors (Lipinski definition) is 3. The van der Waals surface area contributed by atoms with Crippen LogP contribution in [0.25, 0.3) is 21.7 Å². The van der Waals surface area contributed by atoms with Crippen molar-refractivity contribution in [2.24, 2.45) is 0 Å². The molecule has 28 heavy (non-hydrogen) atoms. The summed E-state index contributed by atoms with van der Waals surface area (Å²) in [5.74, 6) is -1.23. The summed E-state index contributed by atoms with van der Waals surface area (Å²) in [4.78, 5) is 14.9. The summed E-state index contributed by atoms with van der Waals surface area (Å²) in [6.45, 7) is 0. The maximum absolute atomic E-state index is 12.8. The molecule has 0 saturated heterocycles. The minimum atomic E-state index is -3.99. The van der Waals surface area contributed by atoms with Gasteiger partial charge in [0.15, 0.2) is 0 Å². The second-order valence-corrected chi connectivity index (χ2v) is 8.30. The van der Waals surface area contributed by atoms with E-state index in [4.69, 9.17) is 0 Å². The number of aliphatic carboxylic acids is 1. The zero-order valence-electron chi connectivity index (χ0n) is 14.8. The Morgan fingerprint density at radius 2 is 1.71 bits per heavy atom. The van der Waals surface area contributed by atoms with Gasteiger partial charge in [-0.25, -0.2) is 8.42 Å². The van der Waals surface area contributed by atoms with Gasteiger partial charge in [0.2, 0.25) is 10.0 Å². The Morgan fingerprint density at radius 1 is 1.00 bits per heavy atom. The lowest BCUT2D eigenvalue weighted by Crippen LogP contribution is -2.42.